The lowest BCUT2D eigenvalue weighted by atomic mass is 10.1. The van der Waals surface area contributed by atoms with Crippen LogP contribution in [0.1, 0.15) is 30.9 Å². The van der Waals surface area contributed by atoms with Crippen molar-refractivity contribution >= 4 is 17.5 Å². The predicted octanol–water partition coefficient (Wildman–Crippen LogP) is 2.59. The van der Waals surface area contributed by atoms with Gasteiger partial charge >= 0.3 is 0 Å². The molecule has 1 amide bonds. The smallest absolute Gasteiger partial charge is 0.262 e. The lowest BCUT2D eigenvalue weighted by Crippen LogP contribution is -2.44. The number of carbonyl (C=O) groups is 1. The highest BCUT2D eigenvalue weighted by Gasteiger charge is 2.42. The first kappa shape index (κ1) is 17.6. The summed E-state index contributed by atoms with van der Waals surface area (Å²) in [6.07, 6.45) is 1.81. The van der Waals surface area contributed by atoms with E-state index in [4.69, 9.17) is 11.6 Å². The summed E-state index contributed by atoms with van der Waals surface area (Å²) in [6, 6.07) is 6.79. The average molecular weight is 358 g/mol. The number of halogens is 3. The second kappa shape index (κ2) is 7.33. The fourth-order valence-corrected chi connectivity index (χ4v) is 3.64. The van der Waals surface area contributed by atoms with Crippen LogP contribution in [0.2, 0.25) is 5.02 Å². The molecule has 7 heteroatoms. The fourth-order valence-electron chi connectivity index (χ4n) is 3.45. The van der Waals surface area contributed by atoms with Gasteiger partial charge in [-0.05, 0) is 43.6 Å². The fraction of sp³-hybridized carbons (Fsp3) is 0.588. The molecule has 0 saturated carbocycles. The van der Waals surface area contributed by atoms with Crippen LogP contribution in [0.5, 0.6) is 0 Å². The third-order valence-electron chi connectivity index (χ3n) is 4.71. The van der Waals surface area contributed by atoms with Crippen molar-refractivity contribution in [3.8, 4) is 0 Å². The molecule has 2 saturated heterocycles. The maximum atomic E-state index is 13.2. The SMILES string of the molecule is O=C(NCC(c1cccc(Cl)c1)N1CCCC1)C1CC(F)(F)CN1. The van der Waals surface area contributed by atoms with Crippen LogP contribution in [-0.2, 0) is 4.79 Å². The lowest BCUT2D eigenvalue weighted by molar-refractivity contribution is -0.123. The zero-order valence-corrected chi connectivity index (χ0v) is 14.2. The van der Waals surface area contributed by atoms with E-state index in [9.17, 15) is 13.6 Å². The van der Waals surface area contributed by atoms with Gasteiger partial charge < -0.3 is 5.32 Å². The monoisotopic (exact) mass is 357 g/mol. The minimum atomic E-state index is -2.80. The molecular formula is C17H22ClF2N3O. The molecule has 132 valence electrons. The molecule has 0 aliphatic carbocycles. The first-order chi connectivity index (χ1) is 11.4. The minimum absolute atomic E-state index is 0.0112. The van der Waals surface area contributed by atoms with E-state index in [1.54, 1.807) is 0 Å². The normalized spacial score (nSPS) is 24.9. The van der Waals surface area contributed by atoms with E-state index >= 15 is 0 Å². The molecule has 2 unspecified atom stereocenters. The van der Waals surface area contributed by atoms with Crippen LogP contribution >= 0.6 is 11.6 Å². The summed E-state index contributed by atoms with van der Waals surface area (Å²) in [5.74, 6) is -3.16. The summed E-state index contributed by atoms with van der Waals surface area (Å²) in [6.45, 7) is 1.89. The average Bonchev–Trinajstić information content (AvgIpc) is 3.17. The standard InChI is InChI=1S/C17H22ClF2N3O/c18-13-5-3-4-12(8-13)15(23-6-1-2-7-23)10-21-16(24)14-9-17(19,20)11-22-14/h3-5,8,14-15,22H,1-2,6-7,9-11H2,(H,21,24). The first-order valence-electron chi connectivity index (χ1n) is 8.33. The Labute approximate surface area is 145 Å². The third-order valence-corrected chi connectivity index (χ3v) is 4.95. The number of likely N-dealkylation sites (tertiary alicyclic amines) is 1. The molecule has 2 aliphatic heterocycles. The van der Waals surface area contributed by atoms with Crippen LogP contribution in [0.15, 0.2) is 24.3 Å². The predicted molar refractivity (Wildman–Crippen MR) is 89.4 cm³/mol. The molecule has 3 rings (SSSR count). The van der Waals surface area contributed by atoms with Crippen LogP contribution in [0.3, 0.4) is 0 Å². The number of amides is 1. The number of hydrogen-bond acceptors (Lipinski definition) is 3. The molecule has 1 aromatic carbocycles. The molecule has 2 heterocycles. The van der Waals surface area contributed by atoms with E-state index in [1.165, 1.54) is 0 Å². The van der Waals surface area contributed by atoms with E-state index in [2.05, 4.69) is 15.5 Å². The van der Waals surface area contributed by atoms with Crippen LogP contribution in [0.4, 0.5) is 8.78 Å². The number of carbonyl (C=O) groups excluding carboxylic acids is 1. The molecule has 2 fully saturated rings. The zero-order chi connectivity index (χ0) is 17.2. The molecule has 1 aromatic rings. The Hall–Kier alpha value is -1.24. The number of hydrogen-bond donors (Lipinski definition) is 2. The van der Waals surface area contributed by atoms with Gasteiger partial charge in [-0.3, -0.25) is 15.0 Å². The Morgan fingerprint density at radius 3 is 2.79 bits per heavy atom. The molecule has 0 bridgehead atoms. The molecule has 4 nitrogen and oxygen atoms in total. The van der Waals surface area contributed by atoms with Crippen molar-refractivity contribution in [3.05, 3.63) is 34.9 Å². The van der Waals surface area contributed by atoms with Gasteiger partial charge in [0, 0.05) is 18.0 Å². The lowest BCUT2D eigenvalue weighted by Gasteiger charge is -2.28. The Kier molecular flexibility index (Phi) is 5.37. The second-order valence-corrected chi connectivity index (χ2v) is 6.99. The van der Waals surface area contributed by atoms with E-state index in [-0.39, 0.29) is 11.9 Å². The highest BCUT2D eigenvalue weighted by Crippen LogP contribution is 2.27. The highest BCUT2D eigenvalue weighted by atomic mass is 35.5. The molecule has 0 radical (unpaired) electrons. The largest absolute Gasteiger partial charge is 0.353 e. The Bertz CT molecular complexity index is 593. The molecule has 24 heavy (non-hydrogen) atoms. The minimum Gasteiger partial charge on any atom is -0.353 e. The van der Waals surface area contributed by atoms with E-state index in [1.807, 2.05) is 24.3 Å². The van der Waals surface area contributed by atoms with E-state index in [0.29, 0.717) is 11.6 Å². The summed E-state index contributed by atoms with van der Waals surface area (Å²) in [4.78, 5) is 14.5. The molecule has 0 aromatic heterocycles. The van der Waals surface area contributed by atoms with Crippen LogP contribution in [-0.4, -0.2) is 49.0 Å². The van der Waals surface area contributed by atoms with Gasteiger partial charge in [-0.1, -0.05) is 23.7 Å². The first-order valence-corrected chi connectivity index (χ1v) is 8.71. The molecule has 0 spiro atoms. The van der Waals surface area contributed by atoms with Crippen LogP contribution in [0, 0.1) is 0 Å². The van der Waals surface area contributed by atoms with Crippen molar-refractivity contribution in [1.29, 1.82) is 0 Å². The van der Waals surface area contributed by atoms with E-state index < -0.39 is 24.9 Å². The van der Waals surface area contributed by atoms with Gasteiger partial charge in [-0.2, -0.15) is 0 Å². The maximum Gasteiger partial charge on any atom is 0.262 e. The van der Waals surface area contributed by atoms with Crippen LogP contribution in [0.25, 0.3) is 0 Å². The molecule has 2 aliphatic rings. The van der Waals surface area contributed by atoms with Gasteiger partial charge in [0.25, 0.3) is 5.92 Å². The quantitative estimate of drug-likeness (QED) is 0.851. The Morgan fingerprint density at radius 2 is 2.17 bits per heavy atom. The number of rotatable bonds is 5. The summed E-state index contributed by atoms with van der Waals surface area (Å²) in [5, 5.41) is 6.08. The molecular weight excluding hydrogens is 336 g/mol. The van der Waals surface area contributed by atoms with Gasteiger partial charge in [0.15, 0.2) is 0 Å². The topological polar surface area (TPSA) is 44.4 Å². The van der Waals surface area contributed by atoms with Crippen molar-refractivity contribution in [2.75, 3.05) is 26.2 Å². The van der Waals surface area contributed by atoms with E-state index in [0.717, 1.165) is 31.5 Å². The highest BCUT2D eigenvalue weighted by molar-refractivity contribution is 6.30. The summed E-state index contributed by atoms with van der Waals surface area (Å²) in [7, 11) is 0. The Balaban J connectivity index is 1.65. The number of benzene rings is 1. The van der Waals surface area contributed by atoms with Crippen molar-refractivity contribution in [2.24, 2.45) is 0 Å². The second-order valence-electron chi connectivity index (χ2n) is 6.55. The number of alkyl halides is 2. The molecule has 2 N–H and O–H groups in total. The van der Waals surface area contributed by atoms with Gasteiger partial charge in [0.1, 0.15) is 0 Å². The number of nitrogens with one attached hydrogen (secondary N) is 2. The van der Waals surface area contributed by atoms with Gasteiger partial charge in [0.2, 0.25) is 5.91 Å². The zero-order valence-electron chi connectivity index (χ0n) is 13.4. The Morgan fingerprint density at radius 1 is 1.42 bits per heavy atom. The van der Waals surface area contributed by atoms with Crippen molar-refractivity contribution in [1.82, 2.24) is 15.5 Å². The third kappa shape index (κ3) is 4.23. The summed E-state index contributed by atoms with van der Waals surface area (Å²) in [5.41, 5.74) is 1.04. The summed E-state index contributed by atoms with van der Waals surface area (Å²) >= 11 is 6.09. The maximum absolute atomic E-state index is 13.2. The van der Waals surface area contributed by atoms with Crippen molar-refractivity contribution in [3.63, 3.8) is 0 Å². The van der Waals surface area contributed by atoms with Crippen molar-refractivity contribution in [2.45, 2.75) is 37.3 Å². The number of nitrogens with zero attached hydrogens (tertiary/aromatic N) is 1. The molecule has 2 atom stereocenters. The van der Waals surface area contributed by atoms with Gasteiger partial charge in [0.05, 0.1) is 18.6 Å². The van der Waals surface area contributed by atoms with Gasteiger partial charge in [-0.25, -0.2) is 8.78 Å². The van der Waals surface area contributed by atoms with Gasteiger partial charge in [-0.15, -0.1) is 0 Å². The summed E-state index contributed by atoms with van der Waals surface area (Å²) < 4.78 is 26.5. The van der Waals surface area contributed by atoms with Crippen LogP contribution < -0.4 is 10.6 Å². The van der Waals surface area contributed by atoms with Crippen molar-refractivity contribution < 1.29 is 13.6 Å².